The Bertz CT molecular complexity index is 486. The molecule has 0 aliphatic carbocycles. The van der Waals surface area contributed by atoms with E-state index in [-0.39, 0.29) is 6.04 Å². The van der Waals surface area contributed by atoms with Crippen molar-refractivity contribution in [3.63, 3.8) is 0 Å². The number of nitrogen functional groups attached to an aromatic ring is 1. The zero-order chi connectivity index (χ0) is 12.8. The van der Waals surface area contributed by atoms with Gasteiger partial charge in [-0.15, -0.1) is 0 Å². The summed E-state index contributed by atoms with van der Waals surface area (Å²) in [6, 6.07) is 7.94. The van der Waals surface area contributed by atoms with E-state index in [1.807, 2.05) is 24.3 Å². The van der Waals surface area contributed by atoms with Crippen LogP contribution in [0.5, 0.6) is 0 Å². The van der Waals surface area contributed by atoms with Crippen molar-refractivity contribution in [1.29, 1.82) is 0 Å². The van der Waals surface area contributed by atoms with Crippen molar-refractivity contribution in [2.24, 2.45) is 5.84 Å². The van der Waals surface area contributed by atoms with Crippen LogP contribution in [0.15, 0.2) is 42.9 Å². The summed E-state index contributed by atoms with van der Waals surface area (Å²) >= 11 is 0. The quantitative estimate of drug-likeness (QED) is 0.530. The zero-order valence-corrected chi connectivity index (χ0v) is 10.1. The van der Waals surface area contributed by atoms with Gasteiger partial charge in [-0.25, -0.2) is 4.98 Å². The van der Waals surface area contributed by atoms with Crippen molar-refractivity contribution in [3.8, 4) is 0 Å². The fraction of sp³-hybridized carbons (Fsp3) is 0.231. The van der Waals surface area contributed by atoms with Gasteiger partial charge in [0.05, 0.1) is 0 Å². The average molecular weight is 243 g/mol. The summed E-state index contributed by atoms with van der Waals surface area (Å²) in [7, 11) is 0. The minimum absolute atomic E-state index is 0.124. The first-order chi connectivity index (χ1) is 8.79. The SMILES string of the molecule is NNC(Cc1ccncc1)Cc1cccnc1N. The Morgan fingerprint density at radius 2 is 1.89 bits per heavy atom. The molecule has 0 saturated heterocycles. The zero-order valence-electron chi connectivity index (χ0n) is 10.1. The number of pyridine rings is 2. The summed E-state index contributed by atoms with van der Waals surface area (Å²) in [5, 5.41) is 0. The normalized spacial score (nSPS) is 12.3. The first kappa shape index (κ1) is 12.5. The molecule has 1 atom stereocenters. The highest BCUT2D eigenvalue weighted by atomic mass is 15.2. The van der Waals surface area contributed by atoms with Crippen LogP contribution in [-0.2, 0) is 12.8 Å². The molecule has 1 unspecified atom stereocenters. The number of rotatable bonds is 5. The van der Waals surface area contributed by atoms with Crippen molar-refractivity contribution in [3.05, 3.63) is 54.0 Å². The van der Waals surface area contributed by atoms with E-state index in [1.165, 1.54) is 5.56 Å². The average Bonchev–Trinajstić information content (AvgIpc) is 2.41. The largest absolute Gasteiger partial charge is 0.383 e. The molecule has 2 aromatic heterocycles. The van der Waals surface area contributed by atoms with Crippen LogP contribution in [0.3, 0.4) is 0 Å². The molecule has 5 nitrogen and oxygen atoms in total. The van der Waals surface area contributed by atoms with Crippen LogP contribution >= 0.6 is 0 Å². The number of nitrogens with zero attached hydrogens (tertiary/aromatic N) is 2. The lowest BCUT2D eigenvalue weighted by atomic mass is 10.0. The van der Waals surface area contributed by atoms with Crippen LogP contribution < -0.4 is 17.0 Å². The number of hydrazine groups is 1. The second-order valence-corrected chi connectivity index (χ2v) is 4.18. The van der Waals surface area contributed by atoms with E-state index < -0.39 is 0 Å². The van der Waals surface area contributed by atoms with Crippen molar-refractivity contribution in [2.75, 3.05) is 5.73 Å². The van der Waals surface area contributed by atoms with Gasteiger partial charge in [0.15, 0.2) is 0 Å². The van der Waals surface area contributed by atoms with Crippen LogP contribution in [-0.4, -0.2) is 16.0 Å². The Morgan fingerprint density at radius 1 is 1.11 bits per heavy atom. The molecule has 5 heteroatoms. The molecule has 0 aliphatic heterocycles. The fourth-order valence-corrected chi connectivity index (χ4v) is 1.88. The van der Waals surface area contributed by atoms with Crippen molar-refractivity contribution < 1.29 is 0 Å². The Balaban J connectivity index is 2.04. The number of nitrogens with two attached hydrogens (primary N) is 2. The van der Waals surface area contributed by atoms with Crippen LogP contribution in [0.1, 0.15) is 11.1 Å². The second kappa shape index (κ2) is 6.09. The van der Waals surface area contributed by atoms with Gasteiger partial charge < -0.3 is 5.73 Å². The Morgan fingerprint density at radius 3 is 2.56 bits per heavy atom. The molecule has 0 radical (unpaired) electrons. The summed E-state index contributed by atoms with van der Waals surface area (Å²) in [4.78, 5) is 8.07. The predicted molar refractivity (Wildman–Crippen MR) is 71.4 cm³/mol. The summed E-state index contributed by atoms with van der Waals surface area (Å²) in [6.07, 6.45) is 6.82. The minimum atomic E-state index is 0.124. The van der Waals surface area contributed by atoms with Crippen LogP contribution in [0.2, 0.25) is 0 Å². The standard InChI is InChI=1S/C13H17N5/c14-13-11(2-1-5-17-13)9-12(18-15)8-10-3-6-16-7-4-10/h1-7,12,18H,8-9,15H2,(H2,14,17). The molecule has 2 rings (SSSR count). The third-order valence-electron chi connectivity index (χ3n) is 2.86. The monoisotopic (exact) mass is 243 g/mol. The molecular weight excluding hydrogens is 226 g/mol. The lowest BCUT2D eigenvalue weighted by molar-refractivity contribution is 0.522. The Labute approximate surface area is 106 Å². The molecule has 0 bridgehead atoms. The van der Waals surface area contributed by atoms with Gasteiger partial charge in [-0.1, -0.05) is 6.07 Å². The summed E-state index contributed by atoms with van der Waals surface area (Å²) < 4.78 is 0. The molecule has 0 amide bonds. The fourth-order valence-electron chi connectivity index (χ4n) is 1.88. The molecule has 2 heterocycles. The smallest absolute Gasteiger partial charge is 0.126 e. The van der Waals surface area contributed by atoms with Crippen LogP contribution in [0.4, 0.5) is 5.82 Å². The van der Waals surface area contributed by atoms with Gasteiger partial charge in [0.1, 0.15) is 5.82 Å². The number of aromatic nitrogens is 2. The third-order valence-corrected chi connectivity index (χ3v) is 2.86. The molecule has 0 spiro atoms. The number of anilines is 1. The van der Waals surface area contributed by atoms with E-state index in [0.29, 0.717) is 5.82 Å². The third kappa shape index (κ3) is 3.26. The van der Waals surface area contributed by atoms with E-state index >= 15 is 0 Å². The van der Waals surface area contributed by atoms with Crippen molar-refractivity contribution >= 4 is 5.82 Å². The molecule has 5 N–H and O–H groups in total. The van der Waals surface area contributed by atoms with E-state index in [0.717, 1.165) is 18.4 Å². The first-order valence-corrected chi connectivity index (χ1v) is 5.84. The van der Waals surface area contributed by atoms with Gasteiger partial charge in [0.2, 0.25) is 0 Å². The molecule has 0 saturated carbocycles. The van der Waals surface area contributed by atoms with E-state index in [2.05, 4.69) is 15.4 Å². The molecule has 0 fully saturated rings. The maximum atomic E-state index is 5.83. The first-order valence-electron chi connectivity index (χ1n) is 5.84. The Hall–Kier alpha value is -1.98. The molecule has 18 heavy (non-hydrogen) atoms. The Kier molecular flexibility index (Phi) is 4.22. The van der Waals surface area contributed by atoms with Gasteiger partial charge in [0.25, 0.3) is 0 Å². The highest BCUT2D eigenvalue weighted by Gasteiger charge is 2.10. The minimum Gasteiger partial charge on any atom is -0.383 e. The number of hydrogen-bond acceptors (Lipinski definition) is 5. The van der Waals surface area contributed by atoms with Gasteiger partial charge in [0, 0.05) is 24.6 Å². The lowest BCUT2D eigenvalue weighted by Gasteiger charge is -2.16. The van der Waals surface area contributed by atoms with Crippen molar-refractivity contribution in [1.82, 2.24) is 15.4 Å². The molecule has 0 aliphatic rings. The highest BCUT2D eigenvalue weighted by Crippen LogP contribution is 2.12. The summed E-state index contributed by atoms with van der Waals surface area (Å²) in [5.74, 6) is 6.15. The van der Waals surface area contributed by atoms with E-state index in [1.54, 1.807) is 18.6 Å². The molecule has 0 aromatic carbocycles. The maximum Gasteiger partial charge on any atom is 0.126 e. The van der Waals surface area contributed by atoms with Crippen molar-refractivity contribution in [2.45, 2.75) is 18.9 Å². The second-order valence-electron chi connectivity index (χ2n) is 4.18. The van der Waals surface area contributed by atoms with Crippen LogP contribution in [0.25, 0.3) is 0 Å². The number of hydrogen-bond donors (Lipinski definition) is 3. The molecule has 2 aromatic rings. The van der Waals surface area contributed by atoms with Gasteiger partial charge in [-0.2, -0.15) is 0 Å². The summed E-state index contributed by atoms with van der Waals surface area (Å²) in [5.41, 5.74) is 10.8. The lowest BCUT2D eigenvalue weighted by Crippen LogP contribution is -2.38. The van der Waals surface area contributed by atoms with Crippen LogP contribution in [0, 0.1) is 0 Å². The topological polar surface area (TPSA) is 89.8 Å². The van der Waals surface area contributed by atoms with Gasteiger partial charge >= 0.3 is 0 Å². The van der Waals surface area contributed by atoms with E-state index in [9.17, 15) is 0 Å². The predicted octanol–water partition coefficient (Wildman–Crippen LogP) is 0.676. The molecule has 94 valence electrons. The van der Waals surface area contributed by atoms with Gasteiger partial charge in [-0.05, 0) is 42.2 Å². The summed E-state index contributed by atoms with van der Waals surface area (Å²) in [6.45, 7) is 0. The number of nitrogens with one attached hydrogen (secondary N) is 1. The molecular formula is C13H17N5. The maximum absolute atomic E-state index is 5.83. The highest BCUT2D eigenvalue weighted by molar-refractivity contribution is 5.39. The van der Waals surface area contributed by atoms with E-state index in [4.69, 9.17) is 11.6 Å². The van der Waals surface area contributed by atoms with Gasteiger partial charge in [-0.3, -0.25) is 16.3 Å².